The number of benzene rings is 1. The minimum absolute atomic E-state index is 0.500. The molecule has 0 bridgehead atoms. The van der Waals surface area contributed by atoms with E-state index in [9.17, 15) is 0 Å². The zero-order valence-electron chi connectivity index (χ0n) is 10.0. The van der Waals surface area contributed by atoms with Crippen LogP contribution in [0.5, 0.6) is 23.1 Å². The number of aromatic nitrogens is 1. The molecule has 18 heavy (non-hydrogen) atoms. The van der Waals surface area contributed by atoms with Gasteiger partial charge in [-0.15, -0.1) is 0 Å². The van der Waals surface area contributed by atoms with E-state index in [1.807, 2.05) is 12.1 Å². The predicted molar refractivity (Wildman–Crippen MR) is 71.6 cm³/mol. The molecule has 0 unspecified atom stereocenters. The van der Waals surface area contributed by atoms with Gasteiger partial charge in [0, 0.05) is 24.3 Å². The van der Waals surface area contributed by atoms with Gasteiger partial charge < -0.3 is 14.2 Å². The summed E-state index contributed by atoms with van der Waals surface area (Å²) < 4.78 is 16.7. The van der Waals surface area contributed by atoms with Crippen LogP contribution in [0.25, 0.3) is 0 Å². The van der Waals surface area contributed by atoms with E-state index in [0.29, 0.717) is 23.1 Å². The molecule has 5 heteroatoms. The first-order chi connectivity index (χ1) is 8.71. The van der Waals surface area contributed by atoms with Crippen LogP contribution in [0.2, 0.25) is 0 Å². The van der Waals surface area contributed by atoms with Crippen LogP contribution in [0.1, 0.15) is 0 Å². The second-order valence-electron chi connectivity index (χ2n) is 3.45. The van der Waals surface area contributed by atoms with E-state index in [0.717, 1.165) is 4.60 Å². The van der Waals surface area contributed by atoms with E-state index in [4.69, 9.17) is 14.2 Å². The molecule has 0 aliphatic carbocycles. The largest absolute Gasteiger partial charge is 0.496 e. The van der Waals surface area contributed by atoms with Crippen LogP contribution in [-0.4, -0.2) is 19.2 Å². The third-order valence-corrected chi connectivity index (χ3v) is 2.68. The average Bonchev–Trinajstić information content (AvgIpc) is 2.38. The van der Waals surface area contributed by atoms with Crippen LogP contribution >= 0.6 is 15.9 Å². The molecule has 2 rings (SSSR count). The Bertz CT molecular complexity index is 523. The summed E-state index contributed by atoms with van der Waals surface area (Å²) in [6, 6.07) is 10.8. The monoisotopic (exact) mass is 309 g/mol. The predicted octanol–water partition coefficient (Wildman–Crippen LogP) is 3.65. The van der Waals surface area contributed by atoms with E-state index >= 15 is 0 Å². The number of rotatable bonds is 4. The minimum Gasteiger partial charge on any atom is -0.496 e. The second kappa shape index (κ2) is 5.73. The van der Waals surface area contributed by atoms with Gasteiger partial charge in [0.25, 0.3) is 0 Å². The van der Waals surface area contributed by atoms with Crippen molar-refractivity contribution >= 4 is 15.9 Å². The van der Waals surface area contributed by atoms with Crippen LogP contribution in [0.4, 0.5) is 0 Å². The Morgan fingerprint density at radius 3 is 2.11 bits per heavy atom. The Balaban J connectivity index is 2.28. The van der Waals surface area contributed by atoms with E-state index < -0.39 is 0 Å². The molecule has 2 aromatic rings. The van der Waals surface area contributed by atoms with Gasteiger partial charge in [-0.2, -0.15) is 0 Å². The fourth-order valence-corrected chi connectivity index (χ4v) is 1.73. The SMILES string of the molecule is COc1cc(OC)cc(Oc2cccc(Br)n2)c1. The van der Waals surface area contributed by atoms with Crippen molar-refractivity contribution in [3.8, 4) is 23.1 Å². The van der Waals surface area contributed by atoms with Crippen molar-refractivity contribution in [3.63, 3.8) is 0 Å². The lowest BCUT2D eigenvalue weighted by Gasteiger charge is -2.09. The maximum Gasteiger partial charge on any atom is 0.220 e. The van der Waals surface area contributed by atoms with Crippen LogP contribution in [-0.2, 0) is 0 Å². The summed E-state index contributed by atoms with van der Waals surface area (Å²) in [7, 11) is 3.19. The summed E-state index contributed by atoms with van der Waals surface area (Å²) in [4.78, 5) is 4.19. The van der Waals surface area contributed by atoms with Gasteiger partial charge in [-0.1, -0.05) is 6.07 Å². The first-order valence-corrected chi connectivity index (χ1v) is 6.04. The molecule has 0 atom stereocenters. The molecular formula is C13H12BrNO3. The number of halogens is 1. The number of pyridine rings is 1. The van der Waals surface area contributed by atoms with Gasteiger partial charge in [0.2, 0.25) is 5.88 Å². The molecule has 94 valence electrons. The van der Waals surface area contributed by atoms with E-state index in [1.165, 1.54) is 0 Å². The summed E-state index contributed by atoms with van der Waals surface area (Å²) in [5.74, 6) is 2.44. The molecule has 0 spiro atoms. The smallest absolute Gasteiger partial charge is 0.220 e. The highest BCUT2D eigenvalue weighted by Gasteiger charge is 2.05. The standard InChI is InChI=1S/C13H12BrNO3/c1-16-9-6-10(17-2)8-11(7-9)18-13-5-3-4-12(14)15-13/h3-8H,1-2H3. The van der Waals surface area contributed by atoms with Gasteiger partial charge >= 0.3 is 0 Å². The topological polar surface area (TPSA) is 40.6 Å². The molecule has 0 radical (unpaired) electrons. The minimum atomic E-state index is 0.500. The van der Waals surface area contributed by atoms with Gasteiger partial charge in [0.1, 0.15) is 21.9 Å². The number of hydrogen-bond acceptors (Lipinski definition) is 4. The molecule has 0 fully saturated rings. The zero-order chi connectivity index (χ0) is 13.0. The lowest BCUT2D eigenvalue weighted by molar-refractivity contribution is 0.385. The Morgan fingerprint density at radius 2 is 1.56 bits per heavy atom. The van der Waals surface area contributed by atoms with Crippen LogP contribution in [0.3, 0.4) is 0 Å². The summed E-state index contributed by atoms with van der Waals surface area (Å²) in [5.41, 5.74) is 0. The highest BCUT2D eigenvalue weighted by Crippen LogP contribution is 2.30. The van der Waals surface area contributed by atoms with Crippen molar-refractivity contribution < 1.29 is 14.2 Å². The first-order valence-electron chi connectivity index (χ1n) is 5.25. The number of methoxy groups -OCH3 is 2. The van der Waals surface area contributed by atoms with Gasteiger partial charge in [-0.3, -0.25) is 0 Å². The molecule has 0 saturated carbocycles. The molecule has 1 heterocycles. The van der Waals surface area contributed by atoms with Gasteiger partial charge in [-0.25, -0.2) is 4.98 Å². The molecular weight excluding hydrogens is 298 g/mol. The van der Waals surface area contributed by atoms with E-state index in [2.05, 4.69) is 20.9 Å². The van der Waals surface area contributed by atoms with Crippen LogP contribution < -0.4 is 14.2 Å². The number of ether oxygens (including phenoxy) is 3. The van der Waals surface area contributed by atoms with Crippen molar-refractivity contribution in [1.82, 2.24) is 4.98 Å². The average molecular weight is 310 g/mol. The third-order valence-electron chi connectivity index (χ3n) is 2.24. The van der Waals surface area contributed by atoms with Crippen molar-refractivity contribution in [2.45, 2.75) is 0 Å². The zero-order valence-corrected chi connectivity index (χ0v) is 11.6. The van der Waals surface area contributed by atoms with E-state index in [-0.39, 0.29) is 0 Å². The first kappa shape index (κ1) is 12.7. The molecule has 0 aliphatic rings. The fourth-order valence-electron chi connectivity index (χ4n) is 1.41. The lowest BCUT2D eigenvalue weighted by Crippen LogP contribution is -1.91. The van der Waals surface area contributed by atoms with Crippen LogP contribution in [0.15, 0.2) is 41.0 Å². The van der Waals surface area contributed by atoms with Crippen LogP contribution in [0, 0.1) is 0 Å². The Kier molecular flexibility index (Phi) is 4.04. The Hall–Kier alpha value is -1.75. The third kappa shape index (κ3) is 3.13. The van der Waals surface area contributed by atoms with Crippen molar-refractivity contribution in [3.05, 3.63) is 41.0 Å². The molecule has 1 aromatic carbocycles. The maximum atomic E-state index is 5.64. The quantitative estimate of drug-likeness (QED) is 0.808. The molecule has 0 N–H and O–H groups in total. The van der Waals surface area contributed by atoms with Crippen molar-refractivity contribution in [2.75, 3.05) is 14.2 Å². The van der Waals surface area contributed by atoms with Gasteiger partial charge in [0.15, 0.2) is 0 Å². The second-order valence-corrected chi connectivity index (χ2v) is 4.26. The van der Waals surface area contributed by atoms with E-state index in [1.54, 1.807) is 38.5 Å². The Labute approximate surface area is 114 Å². The maximum absolute atomic E-state index is 5.64. The van der Waals surface area contributed by atoms with Crippen molar-refractivity contribution in [1.29, 1.82) is 0 Å². The summed E-state index contributed by atoms with van der Waals surface area (Å²) in [6.45, 7) is 0. The number of nitrogens with zero attached hydrogens (tertiary/aromatic N) is 1. The highest BCUT2D eigenvalue weighted by molar-refractivity contribution is 9.10. The lowest BCUT2D eigenvalue weighted by atomic mass is 10.3. The highest BCUT2D eigenvalue weighted by atomic mass is 79.9. The molecule has 4 nitrogen and oxygen atoms in total. The van der Waals surface area contributed by atoms with Gasteiger partial charge in [0.05, 0.1) is 14.2 Å². The normalized spacial score (nSPS) is 9.94. The summed E-state index contributed by atoms with van der Waals surface area (Å²) >= 11 is 3.29. The number of hydrogen-bond donors (Lipinski definition) is 0. The molecule has 1 aromatic heterocycles. The Morgan fingerprint density at radius 1 is 0.944 bits per heavy atom. The van der Waals surface area contributed by atoms with Crippen molar-refractivity contribution in [2.24, 2.45) is 0 Å². The molecule has 0 saturated heterocycles. The molecule has 0 aliphatic heterocycles. The summed E-state index contributed by atoms with van der Waals surface area (Å²) in [6.07, 6.45) is 0. The van der Waals surface area contributed by atoms with Gasteiger partial charge in [-0.05, 0) is 22.0 Å². The molecule has 0 amide bonds. The fraction of sp³-hybridized carbons (Fsp3) is 0.154. The summed E-state index contributed by atoms with van der Waals surface area (Å²) in [5, 5.41) is 0.